The van der Waals surface area contributed by atoms with E-state index in [0.717, 1.165) is 38.5 Å². The van der Waals surface area contributed by atoms with E-state index in [2.05, 4.69) is 143 Å². The molecule has 0 unspecified atom stereocenters. The highest BCUT2D eigenvalue weighted by Gasteiger charge is 2.51. The highest BCUT2D eigenvalue weighted by Crippen LogP contribution is 2.43. The summed E-state index contributed by atoms with van der Waals surface area (Å²) < 4.78 is 21.9. The van der Waals surface area contributed by atoms with E-state index >= 15 is 0 Å². The van der Waals surface area contributed by atoms with E-state index in [-0.39, 0.29) is 18.3 Å². The first-order chi connectivity index (χ1) is 21.7. The number of hydrogen-bond acceptors (Lipinski definition) is 4. The minimum atomic E-state index is -0.376. The fourth-order valence-electron chi connectivity index (χ4n) is 6.66. The van der Waals surface area contributed by atoms with Gasteiger partial charge in [0, 0.05) is 31.1 Å². The maximum Gasteiger partial charge on any atom is 0.494 e. The zero-order valence-corrected chi connectivity index (χ0v) is 26.5. The average molecular weight is 603 g/mol. The van der Waals surface area contributed by atoms with Crippen LogP contribution < -0.4 is 5.46 Å². The van der Waals surface area contributed by atoms with Crippen molar-refractivity contribution in [3.05, 3.63) is 115 Å². The summed E-state index contributed by atoms with van der Waals surface area (Å²) in [6, 6.07) is 41.5. The number of fused-ring (bicyclic) bond motifs is 7. The first kappa shape index (κ1) is 26.9. The Hall–Kier alpha value is -4.42. The van der Waals surface area contributed by atoms with Gasteiger partial charge in [-0.25, -0.2) is 0 Å². The second-order valence-electron chi connectivity index (χ2n) is 13.2. The summed E-state index contributed by atoms with van der Waals surface area (Å²) in [7, 11) is -0.376. The summed E-state index contributed by atoms with van der Waals surface area (Å²) in [6.45, 7) is 8.40. The van der Waals surface area contributed by atoms with Crippen LogP contribution in [0.2, 0.25) is 0 Å². The van der Waals surface area contributed by atoms with Crippen molar-refractivity contribution in [3.8, 4) is 22.3 Å². The molecule has 2 aromatic heterocycles. The van der Waals surface area contributed by atoms with Crippen LogP contribution in [0.15, 0.2) is 120 Å². The number of thiophene rings is 1. The molecule has 0 saturated carbocycles. The molecule has 0 N–H and O–H groups in total. The van der Waals surface area contributed by atoms with Crippen LogP contribution in [0.1, 0.15) is 27.7 Å². The first-order valence-corrected chi connectivity index (χ1v) is 16.3. The van der Waals surface area contributed by atoms with Crippen molar-refractivity contribution < 1.29 is 13.7 Å². The lowest BCUT2D eigenvalue weighted by molar-refractivity contribution is 0.00578. The number of hydrogen-bond donors (Lipinski definition) is 0. The van der Waals surface area contributed by atoms with Crippen LogP contribution in [0.4, 0.5) is 0 Å². The van der Waals surface area contributed by atoms with Gasteiger partial charge in [-0.05, 0) is 102 Å². The van der Waals surface area contributed by atoms with Gasteiger partial charge in [0.2, 0.25) is 0 Å². The van der Waals surface area contributed by atoms with E-state index in [1.54, 1.807) is 0 Å². The van der Waals surface area contributed by atoms with Gasteiger partial charge in [-0.1, -0.05) is 78.9 Å². The molecule has 1 fully saturated rings. The third-order valence-corrected chi connectivity index (χ3v) is 11.0. The first-order valence-electron chi connectivity index (χ1n) is 15.5. The van der Waals surface area contributed by atoms with Crippen LogP contribution in [-0.4, -0.2) is 18.3 Å². The zero-order chi connectivity index (χ0) is 30.5. The minimum absolute atomic E-state index is 0.370. The zero-order valence-electron chi connectivity index (χ0n) is 25.7. The van der Waals surface area contributed by atoms with E-state index in [4.69, 9.17) is 13.7 Å². The molecule has 3 heterocycles. The molecule has 9 rings (SSSR count). The van der Waals surface area contributed by atoms with Crippen molar-refractivity contribution in [1.82, 2.24) is 0 Å². The Morgan fingerprint density at radius 1 is 0.533 bits per heavy atom. The second-order valence-corrected chi connectivity index (χ2v) is 14.3. The van der Waals surface area contributed by atoms with Gasteiger partial charge in [0.15, 0.2) is 0 Å². The van der Waals surface area contributed by atoms with Gasteiger partial charge in [-0.2, -0.15) is 0 Å². The minimum Gasteiger partial charge on any atom is -0.455 e. The van der Waals surface area contributed by atoms with Crippen LogP contribution in [0.3, 0.4) is 0 Å². The van der Waals surface area contributed by atoms with E-state index in [1.807, 2.05) is 11.3 Å². The molecule has 6 aromatic carbocycles. The van der Waals surface area contributed by atoms with Gasteiger partial charge in [0.1, 0.15) is 11.2 Å². The molecule has 0 amide bonds. The lowest BCUT2D eigenvalue weighted by atomic mass is 9.78. The van der Waals surface area contributed by atoms with E-state index < -0.39 is 0 Å². The molecule has 1 aliphatic heterocycles. The summed E-state index contributed by atoms with van der Waals surface area (Å²) in [6.07, 6.45) is 0. The smallest absolute Gasteiger partial charge is 0.455 e. The predicted octanol–water partition coefficient (Wildman–Crippen LogP) is 10.7. The number of benzene rings is 6. The van der Waals surface area contributed by atoms with Crippen molar-refractivity contribution in [3.63, 3.8) is 0 Å². The van der Waals surface area contributed by atoms with Crippen LogP contribution in [-0.2, 0) is 9.31 Å². The number of furan rings is 1. The molecule has 1 saturated heterocycles. The fraction of sp³-hybridized carbons (Fsp3) is 0.150. The Morgan fingerprint density at radius 3 is 2.04 bits per heavy atom. The maximum absolute atomic E-state index is 6.61. The SMILES string of the molecule is CC1(C)OB(c2ccc3sc4cc(-c5cc(-c6ccccc6)c6oc7cc8ccccc8cc7c6c5)ccc4c3c2)OC1(C)C. The Bertz CT molecular complexity index is 2440. The van der Waals surface area contributed by atoms with Crippen LogP contribution in [0, 0.1) is 0 Å². The van der Waals surface area contributed by atoms with Crippen LogP contribution >= 0.6 is 11.3 Å². The second kappa shape index (κ2) is 9.54. The summed E-state index contributed by atoms with van der Waals surface area (Å²) in [5, 5.41) is 7.16. The molecule has 0 aliphatic carbocycles. The Kier molecular flexibility index (Phi) is 5.71. The number of rotatable bonds is 3. The molecule has 5 heteroatoms. The molecule has 8 aromatic rings. The molecule has 45 heavy (non-hydrogen) atoms. The fourth-order valence-corrected chi connectivity index (χ4v) is 7.79. The highest BCUT2D eigenvalue weighted by molar-refractivity contribution is 7.25. The average Bonchev–Trinajstić information content (AvgIpc) is 3.66. The van der Waals surface area contributed by atoms with Crippen molar-refractivity contribution >= 4 is 76.8 Å². The van der Waals surface area contributed by atoms with Gasteiger partial charge in [-0.3, -0.25) is 0 Å². The molecule has 218 valence electrons. The van der Waals surface area contributed by atoms with E-state index in [1.165, 1.54) is 42.1 Å². The van der Waals surface area contributed by atoms with E-state index in [0.29, 0.717) is 0 Å². The molecule has 0 spiro atoms. The van der Waals surface area contributed by atoms with Gasteiger partial charge in [0.05, 0.1) is 11.2 Å². The highest BCUT2D eigenvalue weighted by atomic mass is 32.1. The largest absolute Gasteiger partial charge is 0.494 e. The maximum atomic E-state index is 6.61. The normalized spacial score (nSPS) is 16.1. The summed E-state index contributed by atoms with van der Waals surface area (Å²) >= 11 is 1.83. The molecular weight excluding hydrogens is 571 g/mol. The Morgan fingerprint density at radius 2 is 1.27 bits per heavy atom. The van der Waals surface area contributed by atoms with Gasteiger partial charge >= 0.3 is 7.12 Å². The lowest BCUT2D eigenvalue weighted by Crippen LogP contribution is -2.41. The van der Waals surface area contributed by atoms with Crippen molar-refractivity contribution in [2.24, 2.45) is 0 Å². The van der Waals surface area contributed by atoms with Crippen LogP contribution in [0.5, 0.6) is 0 Å². The monoisotopic (exact) mass is 602 g/mol. The van der Waals surface area contributed by atoms with Crippen LogP contribution in [0.25, 0.3) is 75.1 Å². The summed E-state index contributed by atoms with van der Waals surface area (Å²) in [5.74, 6) is 0. The third kappa shape index (κ3) is 4.19. The molecular formula is C40H31BO3S. The van der Waals surface area contributed by atoms with Crippen molar-refractivity contribution in [2.75, 3.05) is 0 Å². The Labute approximate surface area is 266 Å². The van der Waals surface area contributed by atoms with E-state index in [9.17, 15) is 0 Å². The molecule has 0 atom stereocenters. The summed E-state index contributed by atoms with van der Waals surface area (Å²) in [5.41, 5.74) is 6.77. The standard InChI is InChI=1S/C40H31BO3S/c1-39(2)40(3,4)44-41(43-39)29-15-17-36-33(23-29)30-16-14-27(22-37(30)45-36)28-19-31(24-10-6-5-7-11-24)38-34(20-28)32-18-25-12-8-9-13-26(25)21-35(32)42-38/h5-23H,1-4H3. The lowest BCUT2D eigenvalue weighted by Gasteiger charge is -2.32. The van der Waals surface area contributed by atoms with Gasteiger partial charge in [-0.15, -0.1) is 11.3 Å². The third-order valence-electron chi connectivity index (χ3n) is 9.88. The quantitative estimate of drug-likeness (QED) is 0.189. The van der Waals surface area contributed by atoms with Crippen molar-refractivity contribution in [1.29, 1.82) is 0 Å². The predicted molar refractivity (Wildman–Crippen MR) is 191 cm³/mol. The van der Waals surface area contributed by atoms with Gasteiger partial charge < -0.3 is 13.7 Å². The topological polar surface area (TPSA) is 31.6 Å². The molecule has 0 bridgehead atoms. The Balaban J connectivity index is 1.20. The van der Waals surface area contributed by atoms with Crippen molar-refractivity contribution in [2.45, 2.75) is 38.9 Å². The summed E-state index contributed by atoms with van der Waals surface area (Å²) in [4.78, 5) is 0. The molecule has 0 radical (unpaired) electrons. The molecule has 1 aliphatic rings. The molecule has 3 nitrogen and oxygen atoms in total. The van der Waals surface area contributed by atoms with Gasteiger partial charge in [0.25, 0.3) is 0 Å².